The van der Waals surface area contributed by atoms with Crippen LogP contribution in [0.15, 0.2) is 24.3 Å². The Balaban J connectivity index is 1.62. The fourth-order valence-electron chi connectivity index (χ4n) is 3.23. The van der Waals surface area contributed by atoms with Crippen molar-refractivity contribution in [3.63, 3.8) is 0 Å². The van der Waals surface area contributed by atoms with Gasteiger partial charge in [0.1, 0.15) is 16.8 Å². The van der Waals surface area contributed by atoms with E-state index in [-0.39, 0.29) is 11.0 Å². The predicted octanol–water partition coefficient (Wildman–Crippen LogP) is 4.91. The summed E-state index contributed by atoms with van der Waals surface area (Å²) in [6.07, 6.45) is 3.00. The second kappa shape index (κ2) is 9.38. The molecule has 1 aromatic heterocycles. The number of carbonyl (C=O) groups is 1. The minimum atomic E-state index is -0.300. The van der Waals surface area contributed by atoms with Gasteiger partial charge in [0.2, 0.25) is 0 Å². The molecule has 1 aliphatic carbocycles. The predicted molar refractivity (Wildman–Crippen MR) is 121 cm³/mol. The summed E-state index contributed by atoms with van der Waals surface area (Å²) >= 11 is 6.87. The average Bonchev–Trinajstić information content (AvgIpc) is 3.02. The summed E-state index contributed by atoms with van der Waals surface area (Å²) in [5.74, 6) is 1.49. The number of anilines is 1. The van der Waals surface area contributed by atoms with Crippen molar-refractivity contribution in [1.82, 2.24) is 5.32 Å². The number of thiocarbonyl (C=S) groups is 1. The highest BCUT2D eigenvalue weighted by Crippen LogP contribution is 2.39. The lowest BCUT2D eigenvalue weighted by Crippen LogP contribution is -2.34. The molecule has 1 aromatic carbocycles. The van der Waals surface area contributed by atoms with Gasteiger partial charge in [0.05, 0.1) is 12.2 Å². The minimum Gasteiger partial charge on any atom is -0.493 e. The van der Waals surface area contributed by atoms with E-state index < -0.39 is 0 Å². The van der Waals surface area contributed by atoms with Crippen LogP contribution in [0.5, 0.6) is 5.75 Å². The molecule has 2 aromatic rings. The van der Waals surface area contributed by atoms with E-state index in [1.807, 2.05) is 0 Å². The van der Waals surface area contributed by atoms with E-state index in [0.717, 1.165) is 30.6 Å². The summed E-state index contributed by atoms with van der Waals surface area (Å²) in [5.41, 5.74) is 2.27. The Bertz CT molecular complexity index is 942. The number of benzene rings is 1. The van der Waals surface area contributed by atoms with Crippen molar-refractivity contribution in [1.29, 1.82) is 5.26 Å². The van der Waals surface area contributed by atoms with Crippen LogP contribution >= 0.6 is 23.6 Å². The number of ether oxygens (including phenoxy) is 1. The SMILES string of the molecule is CC(C)COc1ccc(C(=O)NC(=S)Nc2sc3c(c2C#N)CC[C@@H](C)C3)cc1. The standard InChI is InChI=1S/C22H25N3O2S2/c1-13(2)12-27-16-7-5-15(6-8-16)20(26)24-22(28)25-21-18(11-23)17-9-4-14(3)10-19(17)29-21/h5-8,13-14H,4,9-10,12H2,1-3H3,(H2,24,25,26,28)/t14-/m1/s1. The van der Waals surface area contributed by atoms with Crippen molar-refractivity contribution in [3.05, 3.63) is 45.8 Å². The highest BCUT2D eigenvalue weighted by molar-refractivity contribution is 7.80. The van der Waals surface area contributed by atoms with E-state index >= 15 is 0 Å². The van der Waals surface area contributed by atoms with E-state index in [9.17, 15) is 10.1 Å². The lowest BCUT2D eigenvalue weighted by atomic mass is 9.89. The minimum absolute atomic E-state index is 0.193. The summed E-state index contributed by atoms with van der Waals surface area (Å²) < 4.78 is 5.64. The average molecular weight is 428 g/mol. The first-order valence-electron chi connectivity index (χ1n) is 9.77. The van der Waals surface area contributed by atoms with Crippen molar-refractivity contribution < 1.29 is 9.53 Å². The quantitative estimate of drug-likeness (QED) is 0.664. The molecule has 3 rings (SSSR count). The van der Waals surface area contributed by atoms with E-state index in [0.29, 0.717) is 34.6 Å². The fraction of sp³-hybridized carbons (Fsp3) is 0.409. The molecule has 2 N–H and O–H groups in total. The van der Waals surface area contributed by atoms with Crippen LogP contribution in [-0.4, -0.2) is 17.6 Å². The molecular weight excluding hydrogens is 402 g/mol. The maximum absolute atomic E-state index is 12.5. The molecule has 0 fully saturated rings. The number of rotatable bonds is 5. The number of thiophene rings is 1. The molecule has 0 radical (unpaired) electrons. The van der Waals surface area contributed by atoms with Crippen molar-refractivity contribution >= 4 is 39.6 Å². The second-order valence-corrected chi connectivity index (χ2v) is 9.32. The van der Waals surface area contributed by atoms with Crippen molar-refractivity contribution in [2.24, 2.45) is 11.8 Å². The van der Waals surface area contributed by atoms with Gasteiger partial charge in [0.15, 0.2) is 5.11 Å². The van der Waals surface area contributed by atoms with Crippen LogP contribution in [0.25, 0.3) is 0 Å². The number of fused-ring (bicyclic) bond motifs is 1. The van der Waals surface area contributed by atoms with Crippen molar-refractivity contribution in [3.8, 4) is 11.8 Å². The van der Waals surface area contributed by atoms with Gasteiger partial charge in [-0.3, -0.25) is 10.1 Å². The van der Waals surface area contributed by atoms with Crippen molar-refractivity contribution in [2.45, 2.75) is 40.0 Å². The summed E-state index contributed by atoms with van der Waals surface area (Å²) in [6.45, 7) is 7.02. The summed E-state index contributed by atoms with van der Waals surface area (Å²) in [4.78, 5) is 13.7. The van der Waals surface area contributed by atoms with Crippen LogP contribution in [-0.2, 0) is 12.8 Å². The molecule has 29 heavy (non-hydrogen) atoms. The number of amides is 1. The van der Waals surface area contributed by atoms with Gasteiger partial charge in [-0.2, -0.15) is 5.26 Å². The maximum Gasteiger partial charge on any atom is 0.257 e. The Labute approximate surface area is 181 Å². The zero-order chi connectivity index (χ0) is 21.0. The number of nitrogens with one attached hydrogen (secondary N) is 2. The van der Waals surface area contributed by atoms with Gasteiger partial charge in [-0.1, -0.05) is 20.8 Å². The molecule has 152 valence electrons. The van der Waals surface area contributed by atoms with E-state index in [1.165, 1.54) is 4.88 Å². The van der Waals surface area contributed by atoms with Gasteiger partial charge in [-0.15, -0.1) is 11.3 Å². The third-order valence-corrected chi connectivity index (χ3v) is 6.15. The first kappa shape index (κ1) is 21.3. The molecule has 1 heterocycles. The van der Waals surface area contributed by atoms with E-state index in [1.54, 1.807) is 35.6 Å². The smallest absolute Gasteiger partial charge is 0.257 e. The Hall–Kier alpha value is -2.43. The third-order valence-electron chi connectivity index (χ3n) is 4.78. The van der Waals surface area contributed by atoms with Gasteiger partial charge >= 0.3 is 0 Å². The lowest BCUT2D eigenvalue weighted by molar-refractivity contribution is 0.0977. The number of nitriles is 1. The molecule has 0 spiro atoms. The third kappa shape index (κ3) is 5.34. The molecule has 5 nitrogen and oxygen atoms in total. The monoisotopic (exact) mass is 427 g/mol. The maximum atomic E-state index is 12.5. The lowest BCUT2D eigenvalue weighted by Gasteiger charge is -2.17. The highest BCUT2D eigenvalue weighted by Gasteiger charge is 2.24. The molecule has 7 heteroatoms. The van der Waals surface area contributed by atoms with Crippen LogP contribution in [0.2, 0.25) is 0 Å². The Morgan fingerprint density at radius 2 is 2.10 bits per heavy atom. The van der Waals surface area contributed by atoms with Gasteiger partial charge in [0.25, 0.3) is 5.91 Å². The van der Waals surface area contributed by atoms with Crippen LogP contribution in [0.3, 0.4) is 0 Å². The largest absolute Gasteiger partial charge is 0.493 e. The molecule has 0 aliphatic heterocycles. The molecular formula is C22H25N3O2S2. The van der Waals surface area contributed by atoms with Crippen LogP contribution in [0, 0.1) is 23.2 Å². The number of nitrogens with zero attached hydrogens (tertiary/aromatic N) is 1. The summed E-state index contributed by atoms with van der Waals surface area (Å²) in [7, 11) is 0. The molecule has 0 saturated carbocycles. The topological polar surface area (TPSA) is 74.2 Å². The normalized spacial score (nSPS) is 15.3. The summed E-state index contributed by atoms with van der Waals surface area (Å²) in [5, 5.41) is 16.2. The van der Waals surface area contributed by atoms with Gasteiger partial charge in [-0.25, -0.2) is 0 Å². The molecule has 1 atom stereocenters. The molecule has 0 saturated heterocycles. The zero-order valence-corrected chi connectivity index (χ0v) is 18.5. The van der Waals surface area contributed by atoms with Crippen LogP contribution in [0.1, 0.15) is 53.6 Å². The van der Waals surface area contributed by atoms with Crippen LogP contribution < -0.4 is 15.4 Å². The number of carbonyl (C=O) groups excluding carboxylic acids is 1. The van der Waals surface area contributed by atoms with E-state index in [4.69, 9.17) is 17.0 Å². The second-order valence-electron chi connectivity index (χ2n) is 7.81. The number of hydrogen-bond acceptors (Lipinski definition) is 5. The number of hydrogen-bond donors (Lipinski definition) is 2. The zero-order valence-electron chi connectivity index (χ0n) is 16.9. The van der Waals surface area contributed by atoms with Gasteiger partial charge in [-0.05, 0) is 73.1 Å². The van der Waals surface area contributed by atoms with E-state index in [2.05, 4.69) is 37.5 Å². The Morgan fingerprint density at radius 1 is 1.38 bits per heavy atom. The van der Waals surface area contributed by atoms with Gasteiger partial charge < -0.3 is 10.1 Å². The molecule has 0 unspecified atom stereocenters. The molecule has 1 amide bonds. The highest BCUT2D eigenvalue weighted by atomic mass is 32.1. The Morgan fingerprint density at radius 3 is 2.76 bits per heavy atom. The first-order valence-corrected chi connectivity index (χ1v) is 11.0. The van der Waals surface area contributed by atoms with Crippen LogP contribution in [0.4, 0.5) is 5.00 Å². The van der Waals surface area contributed by atoms with Gasteiger partial charge in [0, 0.05) is 10.4 Å². The fourth-order valence-corrected chi connectivity index (χ4v) is 4.86. The molecule has 1 aliphatic rings. The summed E-state index contributed by atoms with van der Waals surface area (Å²) in [6, 6.07) is 9.26. The molecule has 0 bridgehead atoms. The first-order chi connectivity index (χ1) is 13.9. The van der Waals surface area contributed by atoms with Crippen molar-refractivity contribution in [2.75, 3.05) is 11.9 Å². The Kier molecular flexibility index (Phi) is 6.88.